The van der Waals surface area contributed by atoms with E-state index in [9.17, 15) is 21.6 Å². The molecule has 4 rings (SSSR count). The number of piperidine rings is 1. The number of benzene rings is 3. The summed E-state index contributed by atoms with van der Waals surface area (Å²) in [7, 11) is -7.21. The van der Waals surface area contributed by atoms with Crippen LogP contribution in [0.15, 0.2) is 77.7 Å². The summed E-state index contributed by atoms with van der Waals surface area (Å²) < 4.78 is 54.5. The Kier molecular flexibility index (Phi) is 7.99. The molecule has 11 heteroatoms. The Hall–Kier alpha value is -2.92. The summed E-state index contributed by atoms with van der Waals surface area (Å²) in [6.45, 7) is 1.11. The third-order valence-electron chi connectivity index (χ3n) is 5.77. The van der Waals surface area contributed by atoms with E-state index in [1.54, 1.807) is 42.5 Å². The fourth-order valence-corrected chi connectivity index (χ4v) is 6.73. The number of carbonyl (C=O) groups is 1. The van der Waals surface area contributed by atoms with Crippen molar-refractivity contribution in [1.29, 1.82) is 0 Å². The predicted molar refractivity (Wildman–Crippen MR) is 141 cm³/mol. The maximum absolute atomic E-state index is 12.6. The van der Waals surface area contributed by atoms with Gasteiger partial charge < -0.3 is 5.32 Å². The van der Waals surface area contributed by atoms with Crippen molar-refractivity contribution >= 4 is 48.9 Å². The molecule has 0 bridgehead atoms. The molecule has 0 saturated carbocycles. The molecule has 190 valence electrons. The van der Waals surface area contributed by atoms with Gasteiger partial charge >= 0.3 is 0 Å². The molecule has 2 N–H and O–H groups in total. The fraction of sp³-hybridized carbons (Fsp3) is 0.240. The van der Waals surface area contributed by atoms with E-state index in [0.717, 1.165) is 19.3 Å². The van der Waals surface area contributed by atoms with Crippen molar-refractivity contribution in [3.05, 3.63) is 88.9 Å². The van der Waals surface area contributed by atoms with Gasteiger partial charge in [0.25, 0.3) is 15.9 Å². The van der Waals surface area contributed by atoms with Gasteiger partial charge in [0.15, 0.2) is 0 Å². The molecular formula is C25H26ClN3O5S2. The van der Waals surface area contributed by atoms with Gasteiger partial charge in [-0.3, -0.25) is 9.52 Å². The molecule has 0 aromatic heterocycles. The first kappa shape index (κ1) is 26.2. The van der Waals surface area contributed by atoms with E-state index in [4.69, 9.17) is 11.6 Å². The zero-order valence-corrected chi connectivity index (χ0v) is 21.7. The Balaban J connectivity index is 1.37. The molecule has 1 amide bonds. The zero-order valence-electron chi connectivity index (χ0n) is 19.4. The number of carbonyl (C=O) groups excluding carboxylic acids is 1. The van der Waals surface area contributed by atoms with Gasteiger partial charge in [-0.05, 0) is 73.0 Å². The molecule has 1 aliphatic rings. The number of hydrogen-bond donors (Lipinski definition) is 2. The second-order valence-corrected chi connectivity index (χ2v) is 12.6. The third kappa shape index (κ3) is 6.64. The summed E-state index contributed by atoms with van der Waals surface area (Å²) in [6, 6.07) is 18.5. The Morgan fingerprint density at radius 3 is 2.14 bits per heavy atom. The molecule has 1 fully saturated rings. The number of nitrogens with one attached hydrogen (secondary N) is 2. The summed E-state index contributed by atoms with van der Waals surface area (Å²) in [6.07, 6.45) is 2.81. The molecule has 1 aliphatic heterocycles. The lowest BCUT2D eigenvalue weighted by atomic mass is 10.1. The SMILES string of the molecule is O=C(Nc1ccc(S(=O)(=O)Nc2cccc(Cl)c2)cc1)c1ccc(CS(=O)(=O)N2CCCCC2)cc1. The van der Waals surface area contributed by atoms with Crippen LogP contribution in [0.5, 0.6) is 0 Å². The number of nitrogens with zero attached hydrogens (tertiary/aromatic N) is 1. The van der Waals surface area contributed by atoms with Crippen molar-refractivity contribution in [2.24, 2.45) is 0 Å². The van der Waals surface area contributed by atoms with Crippen molar-refractivity contribution < 1.29 is 21.6 Å². The van der Waals surface area contributed by atoms with Gasteiger partial charge in [-0.15, -0.1) is 0 Å². The fourth-order valence-electron chi connectivity index (χ4n) is 3.88. The molecule has 3 aromatic rings. The van der Waals surface area contributed by atoms with Gasteiger partial charge in [0.2, 0.25) is 10.0 Å². The first-order valence-electron chi connectivity index (χ1n) is 11.4. The molecular weight excluding hydrogens is 522 g/mol. The second-order valence-electron chi connectivity index (χ2n) is 8.51. The molecule has 36 heavy (non-hydrogen) atoms. The summed E-state index contributed by atoms with van der Waals surface area (Å²) in [5.74, 6) is -0.498. The van der Waals surface area contributed by atoms with Gasteiger partial charge in [0.05, 0.1) is 16.3 Å². The van der Waals surface area contributed by atoms with E-state index >= 15 is 0 Å². The first-order valence-corrected chi connectivity index (χ1v) is 14.9. The summed E-state index contributed by atoms with van der Waals surface area (Å²) in [5, 5.41) is 3.12. The van der Waals surface area contributed by atoms with E-state index < -0.39 is 26.0 Å². The van der Waals surface area contributed by atoms with Crippen LogP contribution in [0.4, 0.5) is 11.4 Å². The maximum Gasteiger partial charge on any atom is 0.261 e. The van der Waals surface area contributed by atoms with Crippen LogP contribution in [0, 0.1) is 0 Å². The van der Waals surface area contributed by atoms with Crippen molar-refractivity contribution in [2.75, 3.05) is 23.1 Å². The number of sulfonamides is 2. The normalized spacial score (nSPS) is 14.8. The number of anilines is 2. The molecule has 0 spiro atoms. The summed E-state index contributed by atoms with van der Waals surface area (Å²) >= 11 is 5.90. The van der Waals surface area contributed by atoms with E-state index in [1.165, 1.54) is 34.6 Å². The van der Waals surface area contributed by atoms with Gasteiger partial charge in [-0.1, -0.05) is 36.2 Å². The minimum atomic E-state index is -3.83. The molecule has 0 atom stereocenters. The number of rotatable bonds is 8. The molecule has 0 radical (unpaired) electrons. The van der Waals surface area contributed by atoms with Crippen LogP contribution >= 0.6 is 11.6 Å². The highest BCUT2D eigenvalue weighted by atomic mass is 35.5. The number of hydrogen-bond acceptors (Lipinski definition) is 5. The van der Waals surface area contributed by atoms with Gasteiger partial charge in [0.1, 0.15) is 0 Å². The lowest BCUT2D eigenvalue weighted by Crippen LogP contribution is -2.36. The summed E-state index contributed by atoms with van der Waals surface area (Å²) in [5.41, 5.74) is 1.72. The predicted octanol–water partition coefficient (Wildman–Crippen LogP) is 4.71. The Bertz CT molecular complexity index is 1440. The van der Waals surface area contributed by atoms with Crippen LogP contribution < -0.4 is 10.0 Å². The molecule has 1 saturated heterocycles. The smallest absolute Gasteiger partial charge is 0.261 e. The van der Waals surface area contributed by atoms with Crippen molar-refractivity contribution in [2.45, 2.75) is 29.9 Å². The Labute approximate surface area is 216 Å². The highest BCUT2D eigenvalue weighted by Gasteiger charge is 2.24. The zero-order chi connectivity index (χ0) is 25.8. The lowest BCUT2D eigenvalue weighted by Gasteiger charge is -2.25. The van der Waals surface area contributed by atoms with Gasteiger partial charge in [-0.25, -0.2) is 21.1 Å². The van der Waals surface area contributed by atoms with Crippen LogP contribution in [0.1, 0.15) is 35.2 Å². The third-order valence-corrected chi connectivity index (χ3v) is 9.26. The molecule has 8 nitrogen and oxygen atoms in total. The van der Waals surface area contributed by atoms with Crippen LogP contribution in [-0.2, 0) is 25.8 Å². The molecule has 1 heterocycles. The van der Waals surface area contributed by atoms with Crippen LogP contribution in [0.25, 0.3) is 0 Å². The minimum Gasteiger partial charge on any atom is -0.322 e. The highest BCUT2D eigenvalue weighted by Crippen LogP contribution is 2.22. The van der Waals surface area contributed by atoms with E-state index in [0.29, 0.717) is 40.6 Å². The molecule has 0 aliphatic carbocycles. The number of halogens is 1. The molecule has 0 unspecified atom stereocenters. The van der Waals surface area contributed by atoms with E-state index in [2.05, 4.69) is 10.0 Å². The first-order chi connectivity index (χ1) is 17.1. The van der Waals surface area contributed by atoms with Crippen LogP contribution in [-0.4, -0.2) is 40.1 Å². The quantitative estimate of drug-likeness (QED) is 0.424. The Morgan fingerprint density at radius 2 is 1.50 bits per heavy atom. The monoisotopic (exact) mass is 547 g/mol. The highest BCUT2D eigenvalue weighted by molar-refractivity contribution is 7.92. The average Bonchev–Trinajstić information content (AvgIpc) is 2.85. The summed E-state index contributed by atoms with van der Waals surface area (Å²) in [4.78, 5) is 12.7. The molecule has 3 aromatic carbocycles. The van der Waals surface area contributed by atoms with E-state index in [1.807, 2.05) is 0 Å². The standard InChI is InChI=1S/C25H26ClN3O5S2/c26-21-5-4-6-23(17-21)28-36(33,34)24-13-11-22(12-14-24)27-25(30)20-9-7-19(8-10-20)18-35(31,32)29-15-2-1-3-16-29/h4-14,17,28H,1-3,15-16,18H2,(H,27,30). The lowest BCUT2D eigenvalue weighted by molar-refractivity contribution is 0.102. The van der Waals surface area contributed by atoms with Crippen LogP contribution in [0.3, 0.4) is 0 Å². The van der Waals surface area contributed by atoms with Crippen molar-refractivity contribution in [3.8, 4) is 0 Å². The number of amides is 1. The van der Waals surface area contributed by atoms with E-state index in [-0.39, 0.29) is 10.6 Å². The topological polar surface area (TPSA) is 113 Å². The van der Waals surface area contributed by atoms with Gasteiger partial charge in [0, 0.05) is 29.4 Å². The average molecular weight is 548 g/mol. The van der Waals surface area contributed by atoms with Crippen molar-refractivity contribution in [1.82, 2.24) is 4.31 Å². The largest absolute Gasteiger partial charge is 0.322 e. The van der Waals surface area contributed by atoms with Crippen LogP contribution in [0.2, 0.25) is 5.02 Å². The Morgan fingerprint density at radius 1 is 0.833 bits per heavy atom. The maximum atomic E-state index is 12.6. The van der Waals surface area contributed by atoms with Gasteiger partial charge in [-0.2, -0.15) is 0 Å². The van der Waals surface area contributed by atoms with Crippen molar-refractivity contribution in [3.63, 3.8) is 0 Å². The second kappa shape index (κ2) is 11.0. The minimum absolute atomic E-state index is 0.0275.